The Morgan fingerprint density at radius 3 is 2.11 bits per heavy atom. The maximum Gasteiger partial charge on any atom is 0.129 e. The number of halogens is 2. The van der Waals surface area contributed by atoms with E-state index < -0.39 is 0 Å². The van der Waals surface area contributed by atoms with Crippen molar-refractivity contribution in [3.8, 4) is 0 Å². The second-order valence-electron chi connectivity index (χ2n) is 5.89. The molecule has 0 aromatic heterocycles. The first-order valence-corrected chi connectivity index (χ1v) is 7.81. The Labute approximate surface area is 118 Å². The van der Waals surface area contributed by atoms with Crippen LogP contribution in [0.15, 0.2) is 12.1 Å². The molecule has 18 heavy (non-hydrogen) atoms. The zero-order valence-corrected chi connectivity index (χ0v) is 13.1. The van der Waals surface area contributed by atoms with Gasteiger partial charge in [0.1, 0.15) is 5.82 Å². The summed E-state index contributed by atoms with van der Waals surface area (Å²) < 4.78 is 13.7. The summed E-state index contributed by atoms with van der Waals surface area (Å²) >= 11 is 3.84. The van der Waals surface area contributed by atoms with Crippen molar-refractivity contribution in [1.29, 1.82) is 0 Å². The summed E-state index contributed by atoms with van der Waals surface area (Å²) in [6.07, 6.45) is 5.22. The topological polar surface area (TPSA) is 0 Å². The summed E-state index contributed by atoms with van der Waals surface area (Å²) in [5.41, 5.74) is 2.77. The van der Waals surface area contributed by atoms with Crippen LogP contribution in [0.4, 0.5) is 4.39 Å². The molecule has 1 atom stereocenters. The van der Waals surface area contributed by atoms with E-state index in [2.05, 4.69) is 22.9 Å². The lowest BCUT2D eigenvalue weighted by molar-refractivity contribution is 0.287. The molecule has 100 valence electrons. The van der Waals surface area contributed by atoms with Gasteiger partial charge in [0.15, 0.2) is 0 Å². The van der Waals surface area contributed by atoms with Gasteiger partial charge in [-0.1, -0.05) is 47.8 Å². The van der Waals surface area contributed by atoms with Gasteiger partial charge in [0, 0.05) is 4.83 Å². The van der Waals surface area contributed by atoms with Crippen molar-refractivity contribution in [2.45, 2.75) is 51.3 Å². The second-order valence-corrected chi connectivity index (χ2v) is 6.88. The van der Waals surface area contributed by atoms with Crippen molar-refractivity contribution in [3.63, 3.8) is 0 Å². The Kier molecular flexibility index (Phi) is 4.47. The highest BCUT2D eigenvalue weighted by molar-refractivity contribution is 9.09. The lowest BCUT2D eigenvalue weighted by atomic mass is 9.80. The zero-order valence-electron chi connectivity index (χ0n) is 11.5. The van der Waals surface area contributed by atoms with E-state index in [0.29, 0.717) is 10.7 Å². The fourth-order valence-corrected chi connectivity index (χ4v) is 3.78. The number of benzene rings is 1. The molecule has 0 aliphatic heterocycles. The van der Waals surface area contributed by atoms with Crippen molar-refractivity contribution in [1.82, 2.24) is 0 Å². The lowest BCUT2D eigenvalue weighted by Crippen LogP contribution is -2.16. The van der Waals surface area contributed by atoms with Crippen LogP contribution >= 0.6 is 15.9 Å². The molecular weight excluding hydrogens is 291 g/mol. The monoisotopic (exact) mass is 312 g/mol. The van der Waals surface area contributed by atoms with Crippen LogP contribution in [0.5, 0.6) is 0 Å². The van der Waals surface area contributed by atoms with E-state index in [1.807, 2.05) is 26.0 Å². The summed E-state index contributed by atoms with van der Waals surface area (Å²) in [6, 6.07) is 4.00. The van der Waals surface area contributed by atoms with Gasteiger partial charge in [0.05, 0.1) is 0 Å². The predicted molar refractivity (Wildman–Crippen MR) is 78.7 cm³/mol. The summed E-state index contributed by atoms with van der Waals surface area (Å²) in [4.78, 5) is 0.378. The predicted octanol–water partition coefficient (Wildman–Crippen LogP) is 5.70. The fraction of sp³-hybridized carbons (Fsp3) is 0.625. The molecule has 1 aromatic carbocycles. The van der Waals surface area contributed by atoms with Crippen molar-refractivity contribution < 1.29 is 4.39 Å². The molecule has 1 fully saturated rings. The largest absolute Gasteiger partial charge is 0.206 e. The quantitative estimate of drug-likeness (QED) is 0.614. The van der Waals surface area contributed by atoms with E-state index in [1.165, 1.54) is 31.2 Å². The molecule has 0 N–H and O–H groups in total. The molecule has 2 rings (SSSR count). The first-order valence-electron chi connectivity index (χ1n) is 6.89. The van der Waals surface area contributed by atoms with Crippen molar-refractivity contribution in [2.24, 2.45) is 11.8 Å². The van der Waals surface area contributed by atoms with E-state index >= 15 is 0 Å². The van der Waals surface area contributed by atoms with Gasteiger partial charge in [0.25, 0.3) is 0 Å². The average Bonchev–Trinajstić information content (AvgIpc) is 2.35. The molecule has 1 aliphatic carbocycles. The van der Waals surface area contributed by atoms with Crippen molar-refractivity contribution in [2.75, 3.05) is 0 Å². The Hall–Kier alpha value is -0.370. The van der Waals surface area contributed by atoms with Crippen LogP contribution in [-0.4, -0.2) is 0 Å². The van der Waals surface area contributed by atoms with E-state index in [-0.39, 0.29) is 5.82 Å². The molecule has 0 saturated heterocycles. The van der Waals surface area contributed by atoms with E-state index in [9.17, 15) is 4.39 Å². The second kappa shape index (κ2) is 5.73. The van der Waals surface area contributed by atoms with Crippen LogP contribution in [-0.2, 0) is 0 Å². The third kappa shape index (κ3) is 2.96. The Balaban J connectivity index is 2.16. The van der Waals surface area contributed by atoms with Crippen molar-refractivity contribution >= 4 is 15.9 Å². The van der Waals surface area contributed by atoms with Gasteiger partial charge in [0.2, 0.25) is 0 Å². The standard InChI is InChI=1S/C16H22BrF/c1-10-4-6-13(7-5-10)15(17)14-8-11(2)16(18)12(3)9-14/h8-10,13,15H,4-7H2,1-3H3. The number of aryl methyl sites for hydroxylation is 2. The summed E-state index contributed by atoms with van der Waals surface area (Å²) in [6.45, 7) is 6.05. The summed E-state index contributed by atoms with van der Waals surface area (Å²) in [5, 5.41) is 0. The SMILES string of the molecule is Cc1cc(C(Br)C2CCC(C)CC2)cc(C)c1F. The van der Waals surface area contributed by atoms with Gasteiger partial charge >= 0.3 is 0 Å². The highest BCUT2D eigenvalue weighted by Crippen LogP contribution is 2.42. The van der Waals surface area contributed by atoms with Gasteiger partial charge < -0.3 is 0 Å². The normalized spacial score (nSPS) is 26.1. The minimum atomic E-state index is -0.0595. The van der Waals surface area contributed by atoms with Gasteiger partial charge in [-0.15, -0.1) is 0 Å². The molecule has 0 bridgehead atoms. The van der Waals surface area contributed by atoms with E-state index in [0.717, 1.165) is 17.0 Å². The number of hydrogen-bond donors (Lipinski definition) is 0. The van der Waals surface area contributed by atoms with Crippen LogP contribution in [0.3, 0.4) is 0 Å². The first-order chi connectivity index (χ1) is 8.49. The Morgan fingerprint density at radius 1 is 1.11 bits per heavy atom. The number of alkyl halides is 1. The van der Waals surface area contributed by atoms with Gasteiger partial charge in [-0.2, -0.15) is 0 Å². The van der Waals surface area contributed by atoms with E-state index in [1.54, 1.807) is 0 Å². The molecule has 0 amide bonds. The smallest absolute Gasteiger partial charge is 0.129 e. The third-order valence-corrected chi connectivity index (χ3v) is 5.53. The molecule has 2 heteroatoms. The Morgan fingerprint density at radius 2 is 1.61 bits per heavy atom. The molecule has 1 aromatic rings. The highest BCUT2D eigenvalue weighted by Gasteiger charge is 2.26. The Bertz CT molecular complexity index is 396. The maximum atomic E-state index is 13.7. The van der Waals surface area contributed by atoms with Crippen LogP contribution in [0, 0.1) is 31.5 Å². The van der Waals surface area contributed by atoms with Crippen LogP contribution in [0.1, 0.15) is 54.1 Å². The van der Waals surface area contributed by atoms with Crippen molar-refractivity contribution in [3.05, 3.63) is 34.6 Å². The molecule has 1 aliphatic rings. The summed E-state index contributed by atoms with van der Waals surface area (Å²) in [5.74, 6) is 1.51. The van der Waals surface area contributed by atoms with E-state index in [4.69, 9.17) is 0 Å². The van der Waals surface area contributed by atoms with Crippen LogP contribution < -0.4 is 0 Å². The molecule has 0 nitrogen and oxygen atoms in total. The lowest BCUT2D eigenvalue weighted by Gasteiger charge is -2.30. The average molecular weight is 313 g/mol. The molecule has 1 unspecified atom stereocenters. The van der Waals surface area contributed by atoms with Gasteiger partial charge in [-0.25, -0.2) is 4.39 Å². The fourth-order valence-electron chi connectivity index (χ4n) is 2.99. The van der Waals surface area contributed by atoms with Crippen LogP contribution in [0.25, 0.3) is 0 Å². The van der Waals surface area contributed by atoms with Gasteiger partial charge in [-0.3, -0.25) is 0 Å². The number of hydrogen-bond acceptors (Lipinski definition) is 0. The minimum absolute atomic E-state index is 0.0595. The number of rotatable bonds is 2. The first kappa shape index (κ1) is 14.0. The molecule has 1 saturated carbocycles. The summed E-state index contributed by atoms with van der Waals surface area (Å²) in [7, 11) is 0. The van der Waals surface area contributed by atoms with Gasteiger partial charge in [-0.05, 0) is 55.2 Å². The minimum Gasteiger partial charge on any atom is -0.206 e. The molecular formula is C16H22BrF. The highest BCUT2D eigenvalue weighted by atomic mass is 79.9. The van der Waals surface area contributed by atoms with Crippen LogP contribution in [0.2, 0.25) is 0 Å². The maximum absolute atomic E-state index is 13.7. The molecule has 0 heterocycles. The zero-order chi connectivity index (χ0) is 13.3. The third-order valence-electron chi connectivity index (χ3n) is 4.25. The molecule has 0 spiro atoms. The molecule has 0 radical (unpaired) electrons.